The van der Waals surface area contributed by atoms with Crippen LogP contribution in [-0.4, -0.2) is 66.4 Å². The van der Waals surface area contributed by atoms with E-state index in [1.54, 1.807) is 26.6 Å². The number of carbonyl (C=O) groups excluding carboxylic acids is 1. The summed E-state index contributed by atoms with van der Waals surface area (Å²) in [5, 5.41) is 4.60. The molecule has 1 aromatic heterocycles. The molecular weight excluding hydrogens is 555 g/mol. The van der Waals surface area contributed by atoms with Crippen LogP contribution in [0.15, 0.2) is 60.0 Å². The highest BCUT2D eigenvalue weighted by Gasteiger charge is 2.31. The Morgan fingerprint density at radius 1 is 1.05 bits per heavy atom. The summed E-state index contributed by atoms with van der Waals surface area (Å²) in [7, 11) is 5.38. The van der Waals surface area contributed by atoms with Gasteiger partial charge in [-0.25, -0.2) is 9.97 Å². The lowest BCUT2D eigenvalue weighted by molar-refractivity contribution is -0.119. The summed E-state index contributed by atoms with van der Waals surface area (Å²) in [6, 6.07) is 14.3. The molecule has 0 aliphatic heterocycles. The van der Waals surface area contributed by atoms with E-state index >= 15 is 0 Å². The lowest BCUT2D eigenvalue weighted by atomic mass is 10.1. The van der Waals surface area contributed by atoms with Crippen LogP contribution in [0.25, 0.3) is 11.1 Å². The minimum atomic E-state index is 0. The van der Waals surface area contributed by atoms with Gasteiger partial charge in [0.2, 0.25) is 5.91 Å². The highest BCUT2D eigenvalue weighted by Crippen LogP contribution is 2.32. The fourth-order valence-electron chi connectivity index (χ4n) is 4.92. The molecule has 0 bridgehead atoms. The molecule has 1 N–H and O–H groups in total. The molecule has 0 radical (unpaired) electrons. The molecule has 210 valence electrons. The molecule has 1 saturated carbocycles. The third-order valence-electron chi connectivity index (χ3n) is 6.96. The number of halogens is 2. The van der Waals surface area contributed by atoms with Crippen molar-refractivity contribution in [2.45, 2.75) is 49.3 Å². The van der Waals surface area contributed by atoms with Crippen LogP contribution in [0.4, 0.5) is 0 Å². The maximum Gasteiger partial charge on any atom is 0.230 e. The highest BCUT2D eigenvalue weighted by molar-refractivity contribution is 7.99. The molecule has 2 aromatic carbocycles. The van der Waals surface area contributed by atoms with Gasteiger partial charge in [0.15, 0.2) is 16.7 Å². The van der Waals surface area contributed by atoms with Crippen LogP contribution in [-0.2, 0) is 11.2 Å². The third kappa shape index (κ3) is 8.73. The van der Waals surface area contributed by atoms with E-state index in [2.05, 4.69) is 39.4 Å². The maximum atomic E-state index is 12.7. The minimum Gasteiger partial charge on any atom is -0.493 e. The summed E-state index contributed by atoms with van der Waals surface area (Å²) < 4.78 is 10.7. The Balaban J connectivity index is 0.00000420. The zero-order valence-electron chi connectivity index (χ0n) is 22.6. The van der Waals surface area contributed by atoms with Crippen molar-refractivity contribution in [1.29, 1.82) is 0 Å². The predicted octanol–water partition coefficient (Wildman–Crippen LogP) is 5.93. The number of hydrogen-bond donors (Lipinski definition) is 1. The highest BCUT2D eigenvalue weighted by atomic mass is 35.5. The van der Waals surface area contributed by atoms with Crippen LogP contribution in [0.3, 0.4) is 0 Å². The van der Waals surface area contributed by atoms with Gasteiger partial charge in [0.05, 0.1) is 20.0 Å². The van der Waals surface area contributed by atoms with Crippen molar-refractivity contribution in [3.8, 4) is 22.6 Å². The van der Waals surface area contributed by atoms with E-state index in [1.807, 2.05) is 30.3 Å². The van der Waals surface area contributed by atoms with Crippen LogP contribution < -0.4 is 14.8 Å². The number of methoxy groups -OCH3 is 2. The SMILES string of the molecule is COc1ccc(-c2cnc(SCC(=O)N[C@@H]3CCC[C@H]3N(C)CCCc3ccc(Cl)cc3)nc2)cc1OC.Cl. The van der Waals surface area contributed by atoms with Crippen molar-refractivity contribution < 1.29 is 14.3 Å². The van der Waals surface area contributed by atoms with Crippen molar-refractivity contribution in [1.82, 2.24) is 20.2 Å². The molecule has 1 aliphatic rings. The van der Waals surface area contributed by atoms with Gasteiger partial charge in [0.25, 0.3) is 0 Å². The summed E-state index contributed by atoms with van der Waals surface area (Å²) in [6.07, 6.45) is 8.87. The molecule has 2 atom stereocenters. The molecule has 1 amide bonds. The first-order chi connectivity index (χ1) is 18.5. The van der Waals surface area contributed by atoms with Gasteiger partial charge in [0, 0.05) is 35.1 Å². The van der Waals surface area contributed by atoms with Gasteiger partial charge in [-0.1, -0.05) is 41.6 Å². The molecular formula is C29H36Cl2N4O3S. The second-order valence-corrected chi connectivity index (χ2v) is 10.9. The Morgan fingerprint density at radius 2 is 1.77 bits per heavy atom. The van der Waals surface area contributed by atoms with E-state index in [0.29, 0.717) is 28.5 Å². The summed E-state index contributed by atoms with van der Waals surface area (Å²) in [6.45, 7) is 0.995. The van der Waals surface area contributed by atoms with Gasteiger partial charge >= 0.3 is 0 Å². The number of ether oxygens (including phenoxy) is 2. The van der Waals surface area contributed by atoms with Gasteiger partial charge in [-0.05, 0) is 81.1 Å². The predicted molar refractivity (Wildman–Crippen MR) is 161 cm³/mol. The van der Waals surface area contributed by atoms with E-state index in [-0.39, 0.29) is 24.4 Å². The fourth-order valence-corrected chi connectivity index (χ4v) is 5.64. The Bertz CT molecular complexity index is 1200. The molecule has 7 nitrogen and oxygen atoms in total. The zero-order chi connectivity index (χ0) is 26.9. The number of benzene rings is 2. The van der Waals surface area contributed by atoms with E-state index in [0.717, 1.165) is 54.8 Å². The second kappa shape index (κ2) is 15.3. The van der Waals surface area contributed by atoms with Crippen molar-refractivity contribution in [2.75, 3.05) is 33.6 Å². The van der Waals surface area contributed by atoms with E-state index in [4.69, 9.17) is 21.1 Å². The first-order valence-electron chi connectivity index (χ1n) is 12.9. The zero-order valence-corrected chi connectivity index (χ0v) is 25.0. The number of nitrogens with zero attached hydrogens (tertiary/aromatic N) is 3. The molecule has 1 fully saturated rings. The molecule has 3 aromatic rings. The standard InChI is InChI=1S/C29H35ClN4O3S.ClH/c1-34(15-5-6-20-9-12-23(30)13-10-20)25-8-4-7-24(25)33-28(35)19-38-29-31-17-22(18-32-29)21-11-14-26(36-2)27(16-21)37-3;/h9-14,16-18,24-25H,4-8,15,19H2,1-3H3,(H,33,35);1H/t24-,25-;/m1./s1. The number of nitrogens with one attached hydrogen (secondary N) is 1. The lowest BCUT2D eigenvalue weighted by Crippen LogP contribution is -2.48. The van der Waals surface area contributed by atoms with Crippen molar-refractivity contribution in [3.63, 3.8) is 0 Å². The van der Waals surface area contributed by atoms with Crippen LogP contribution in [0.5, 0.6) is 11.5 Å². The van der Waals surface area contributed by atoms with Crippen LogP contribution in [0, 0.1) is 0 Å². The third-order valence-corrected chi connectivity index (χ3v) is 8.09. The lowest BCUT2D eigenvalue weighted by Gasteiger charge is -2.30. The van der Waals surface area contributed by atoms with Gasteiger partial charge in [0.1, 0.15) is 0 Å². The van der Waals surface area contributed by atoms with Crippen LogP contribution in [0.1, 0.15) is 31.2 Å². The van der Waals surface area contributed by atoms with E-state index in [1.165, 1.54) is 17.3 Å². The van der Waals surface area contributed by atoms with Crippen LogP contribution >= 0.6 is 35.8 Å². The van der Waals surface area contributed by atoms with Crippen LogP contribution in [0.2, 0.25) is 5.02 Å². The maximum absolute atomic E-state index is 12.7. The Hall–Kier alpha value is -2.52. The Kier molecular flexibility index (Phi) is 12.2. The molecule has 1 aliphatic carbocycles. The van der Waals surface area contributed by atoms with E-state index in [9.17, 15) is 4.79 Å². The van der Waals surface area contributed by atoms with Gasteiger partial charge in [-0.15, -0.1) is 12.4 Å². The average molecular weight is 592 g/mol. The summed E-state index contributed by atoms with van der Waals surface area (Å²) in [4.78, 5) is 24.0. The number of carbonyl (C=O) groups is 1. The smallest absolute Gasteiger partial charge is 0.230 e. The van der Waals surface area contributed by atoms with Crippen molar-refractivity contribution in [3.05, 3.63) is 65.4 Å². The monoisotopic (exact) mass is 590 g/mol. The van der Waals surface area contributed by atoms with E-state index < -0.39 is 0 Å². The number of aromatic nitrogens is 2. The van der Waals surface area contributed by atoms with Gasteiger partial charge in [-0.2, -0.15) is 0 Å². The average Bonchev–Trinajstić information content (AvgIpc) is 3.41. The summed E-state index contributed by atoms with van der Waals surface area (Å²) >= 11 is 7.34. The number of amides is 1. The number of likely N-dealkylation sites (N-methyl/N-ethyl adjacent to an activating group) is 1. The Labute approximate surface area is 246 Å². The van der Waals surface area contributed by atoms with Crippen molar-refractivity contribution in [2.24, 2.45) is 0 Å². The molecule has 0 spiro atoms. The molecule has 39 heavy (non-hydrogen) atoms. The first kappa shape index (κ1) is 31.0. The number of thioether (sulfide) groups is 1. The fraction of sp³-hybridized carbons (Fsp3) is 0.414. The molecule has 0 saturated heterocycles. The molecule has 1 heterocycles. The second-order valence-electron chi connectivity index (χ2n) is 9.50. The van der Waals surface area contributed by atoms with Crippen molar-refractivity contribution >= 4 is 41.7 Å². The van der Waals surface area contributed by atoms with Gasteiger partial charge in [-0.3, -0.25) is 4.79 Å². The quantitative estimate of drug-likeness (QED) is 0.207. The molecule has 10 heteroatoms. The van der Waals surface area contributed by atoms with Gasteiger partial charge < -0.3 is 19.7 Å². The summed E-state index contributed by atoms with van der Waals surface area (Å²) in [5.41, 5.74) is 3.10. The topological polar surface area (TPSA) is 76.6 Å². The Morgan fingerprint density at radius 3 is 2.46 bits per heavy atom. The number of hydrogen-bond acceptors (Lipinski definition) is 7. The largest absolute Gasteiger partial charge is 0.493 e. The molecule has 0 unspecified atom stereocenters. The number of aryl methyl sites for hydroxylation is 1. The summed E-state index contributed by atoms with van der Waals surface area (Å²) in [5.74, 6) is 1.63. The minimum absolute atomic E-state index is 0. The number of rotatable bonds is 12. The first-order valence-corrected chi connectivity index (χ1v) is 14.2. The molecule has 4 rings (SSSR count). The normalized spacial score (nSPS) is 16.5.